The third-order valence-corrected chi connectivity index (χ3v) is 4.50. The number of aryl methyl sites for hydroxylation is 1. The Bertz CT molecular complexity index is 524. The first-order valence-electron chi connectivity index (χ1n) is 6.93. The minimum Gasteiger partial charge on any atom is -0.399 e. The molecule has 1 unspecified atom stereocenters. The van der Waals surface area contributed by atoms with Crippen LogP contribution in [0.4, 0.5) is 5.69 Å². The van der Waals surface area contributed by atoms with Gasteiger partial charge in [0.25, 0.3) is 0 Å². The zero-order valence-electron chi connectivity index (χ0n) is 11.6. The highest BCUT2D eigenvalue weighted by Crippen LogP contribution is 2.40. The van der Waals surface area contributed by atoms with E-state index in [2.05, 4.69) is 22.3 Å². The number of hydrogen-bond donors (Lipinski definition) is 2. The fraction of sp³-hybridized carbons (Fsp3) is 0.533. The first-order chi connectivity index (χ1) is 9.00. The Balaban J connectivity index is 1.95. The zero-order valence-corrected chi connectivity index (χ0v) is 11.6. The average molecular weight is 259 g/mol. The summed E-state index contributed by atoms with van der Waals surface area (Å²) in [4.78, 5) is 14.4. The first kappa shape index (κ1) is 12.5. The Labute approximate surface area is 114 Å². The van der Waals surface area contributed by atoms with E-state index in [1.165, 1.54) is 11.1 Å². The lowest BCUT2D eigenvalue weighted by atomic mass is 9.94. The van der Waals surface area contributed by atoms with Crippen molar-refractivity contribution in [3.8, 4) is 0 Å². The van der Waals surface area contributed by atoms with Gasteiger partial charge < -0.3 is 11.1 Å². The molecule has 1 heterocycles. The number of carbonyl (C=O) groups is 1. The number of nitrogens with zero attached hydrogens (tertiary/aromatic N) is 1. The highest BCUT2D eigenvalue weighted by atomic mass is 16.2. The number of rotatable bonds is 1. The molecule has 102 valence electrons. The van der Waals surface area contributed by atoms with Gasteiger partial charge in [-0.15, -0.1) is 0 Å². The highest BCUT2D eigenvalue weighted by molar-refractivity contribution is 5.86. The standard InChI is InChI=1S/C15H21N3O/c1-15(2)14(19)17-7-8-18(15)13-6-3-10-9-11(16)4-5-12(10)13/h4-5,9,13H,3,6-8,16H2,1-2H3,(H,17,19). The molecule has 1 atom stereocenters. The number of carbonyl (C=O) groups excluding carboxylic acids is 1. The van der Waals surface area contributed by atoms with Crippen molar-refractivity contribution in [2.24, 2.45) is 0 Å². The third kappa shape index (κ3) is 1.91. The van der Waals surface area contributed by atoms with Crippen LogP contribution in [0.3, 0.4) is 0 Å². The number of fused-ring (bicyclic) bond motifs is 1. The van der Waals surface area contributed by atoms with E-state index in [0.717, 1.165) is 31.6 Å². The zero-order chi connectivity index (χ0) is 13.6. The van der Waals surface area contributed by atoms with Crippen LogP contribution in [0.5, 0.6) is 0 Å². The molecule has 0 radical (unpaired) electrons. The van der Waals surface area contributed by atoms with E-state index in [0.29, 0.717) is 6.04 Å². The molecule has 19 heavy (non-hydrogen) atoms. The summed E-state index contributed by atoms with van der Waals surface area (Å²) in [6, 6.07) is 6.52. The van der Waals surface area contributed by atoms with E-state index in [9.17, 15) is 4.79 Å². The number of benzene rings is 1. The quantitative estimate of drug-likeness (QED) is 0.751. The lowest BCUT2D eigenvalue weighted by Gasteiger charge is -2.45. The predicted molar refractivity (Wildman–Crippen MR) is 75.7 cm³/mol. The van der Waals surface area contributed by atoms with Gasteiger partial charge in [0.1, 0.15) is 0 Å². The lowest BCUT2D eigenvalue weighted by Crippen LogP contribution is -2.62. The van der Waals surface area contributed by atoms with E-state index in [1.54, 1.807) is 0 Å². The highest BCUT2D eigenvalue weighted by Gasteiger charge is 2.43. The average Bonchev–Trinajstić information content (AvgIpc) is 2.75. The van der Waals surface area contributed by atoms with Gasteiger partial charge in [-0.2, -0.15) is 0 Å². The Morgan fingerprint density at radius 1 is 1.42 bits per heavy atom. The van der Waals surface area contributed by atoms with Gasteiger partial charge in [0, 0.05) is 24.8 Å². The summed E-state index contributed by atoms with van der Waals surface area (Å²) in [5.41, 5.74) is 8.93. The number of amides is 1. The molecule has 0 saturated carbocycles. The second-order valence-electron chi connectivity index (χ2n) is 6.02. The van der Waals surface area contributed by atoms with Crippen molar-refractivity contribution in [2.45, 2.75) is 38.3 Å². The van der Waals surface area contributed by atoms with Crippen molar-refractivity contribution in [3.05, 3.63) is 29.3 Å². The molecule has 3 N–H and O–H groups in total. The van der Waals surface area contributed by atoms with Gasteiger partial charge in [0.2, 0.25) is 5.91 Å². The molecule has 3 rings (SSSR count). The number of piperazine rings is 1. The topological polar surface area (TPSA) is 58.4 Å². The molecule has 1 aliphatic heterocycles. The van der Waals surface area contributed by atoms with Gasteiger partial charge in [-0.05, 0) is 49.9 Å². The monoisotopic (exact) mass is 259 g/mol. The fourth-order valence-corrected chi connectivity index (χ4v) is 3.40. The Hall–Kier alpha value is -1.55. The minimum absolute atomic E-state index is 0.127. The van der Waals surface area contributed by atoms with Crippen LogP contribution in [0, 0.1) is 0 Å². The molecule has 1 aliphatic carbocycles. The van der Waals surface area contributed by atoms with Crippen LogP contribution in [-0.4, -0.2) is 29.4 Å². The molecule has 2 aliphatic rings. The van der Waals surface area contributed by atoms with Crippen LogP contribution in [-0.2, 0) is 11.2 Å². The van der Waals surface area contributed by atoms with E-state index in [-0.39, 0.29) is 5.91 Å². The van der Waals surface area contributed by atoms with Crippen LogP contribution >= 0.6 is 0 Å². The fourth-order valence-electron chi connectivity index (χ4n) is 3.40. The maximum absolute atomic E-state index is 12.1. The van der Waals surface area contributed by atoms with Gasteiger partial charge in [-0.25, -0.2) is 0 Å². The van der Waals surface area contributed by atoms with E-state index >= 15 is 0 Å². The Morgan fingerprint density at radius 2 is 2.21 bits per heavy atom. The Morgan fingerprint density at radius 3 is 3.00 bits per heavy atom. The molecule has 1 fully saturated rings. The minimum atomic E-state index is -0.439. The van der Waals surface area contributed by atoms with Crippen LogP contribution < -0.4 is 11.1 Å². The largest absolute Gasteiger partial charge is 0.399 e. The lowest BCUT2D eigenvalue weighted by molar-refractivity contribution is -0.137. The third-order valence-electron chi connectivity index (χ3n) is 4.50. The summed E-state index contributed by atoms with van der Waals surface area (Å²) in [7, 11) is 0. The van der Waals surface area contributed by atoms with Crippen LogP contribution in [0.2, 0.25) is 0 Å². The van der Waals surface area contributed by atoms with Crippen LogP contribution in [0.25, 0.3) is 0 Å². The summed E-state index contributed by atoms with van der Waals surface area (Å²) in [5, 5.41) is 2.96. The number of nitrogens with two attached hydrogens (primary N) is 1. The van der Waals surface area contributed by atoms with Crippen molar-refractivity contribution in [2.75, 3.05) is 18.8 Å². The second-order valence-corrected chi connectivity index (χ2v) is 6.02. The van der Waals surface area contributed by atoms with Gasteiger partial charge in [0.15, 0.2) is 0 Å². The maximum Gasteiger partial charge on any atom is 0.240 e. The van der Waals surface area contributed by atoms with Crippen LogP contribution in [0.15, 0.2) is 18.2 Å². The summed E-state index contributed by atoms with van der Waals surface area (Å²) < 4.78 is 0. The summed E-state index contributed by atoms with van der Waals surface area (Å²) >= 11 is 0. The molecule has 0 bridgehead atoms. The van der Waals surface area contributed by atoms with Gasteiger partial charge in [0.05, 0.1) is 5.54 Å². The van der Waals surface area contributed by atoms with Gasteiger partial charge in [-0.1, -0.05) is 6.07 Å². The van der Waals surface area contributed by atoms with Gasteiger partial charge >= 0.3 is 0 Å². The molecule has 4 nitrogen and oxygen atoms in total. The molecule has 0 aromatic heterocycles. The van der Waals surface area contributed by atoms with Crippen molar-refractivity contribution in [1.29, 1.82) is 0 Å². The maximum atomic E-state index is 12.1. The normalized spacial score (nSPS) is 26.0. The summed E-state index contributed by atoms with van der Waals surface area (Å²) in [5.74, 6) is 0.127. The Kier molecular flexibility index (Phi) is 2.78. The second kappa shape index (κ2) is 4.23. The van der Waals surface area contributed by atoms with Crippen molar-refractivity contribution in [3.63, 3.8) is 0 Å². The van der Waals surface area contributed by atoms with E-state index < -0.39 is 5.54 Å². The molecule has 1 aromatic carbocycles. The molecular formula is C15H21N3O. The predicted octanol–water partition coefficient (Wildman–Crippen LogP) is 1.47. The van der Waals surface area contributed by atoms with Gasteiger partial charge in [-0.3, -0.25) is 9.69 Å². The van der Waals surface area contributed by atoms with Crippen molar-refractivity contribution < 1.29 is 4.79 Å². The van der Waals surface area contributed by atoms with E-state index in [1.807, 2.05) is 19.9 Å². The molecule has 1 saturated heterocycles. The molecule has 1 amide bonds. The number of nitrogens with one attached hydrogen (secondary N) is 1. The van der Waals surface area contributed by atoms with Crippen LogP contribution in [0.1, 0.15) is 37.4 Å². The number of nitrogen functional groups attached to an aromatic ring is 1. The van der Waals surface area contributed by atoms with E-state index in [4.69, 9.17) is 5.73 Å². The smallest absolute Gasteiger partial charge is 0.240 e. The first-order valence-corrected chi connectivity index (χ1v) is 6.93. The SMILES string of the molecule is CC1(C)C(=O)NCCN1C1CCc2cc(N)ccc21. The number of hydrogen-bond acceptors (Lipinski definition) is 3. The molecule has 1 aromatic rings. The molecule has 0 spiro atoms. The molecule has 4 heteroatoms. The van der Waals surface area contributed by atoms with Crippen molar-refractivity contribution >= 4 is 11.6 Å². The number of anilines is 1. The molecular weight excluding hydrogens is 238 g/mol. The summed E-state index contributed by atoms with van der Waals surface area (Å²) in [6.45, 7) is 5.67. The summed E-state index contributed by atoms with van der Waals surface area (Å²) in [6.07, 6.45) is 2.13. The van der Waals surface area contributed by atoms with Crippen molar-refractivity contribution in [1.82, 2.24) is 10.2 Å².